The van der Waals surface area contributed by atoms with Crippen LogP contribution in [0.4, 0.5) is 11.4 Å². The Hall–Kier alpha value is -3.22. The third kappa shape index (κ3) is 4.63. The van der Waals surface area contributed by atoms with Gasteiger partial charge in [-0.3, -0.25) is 19.7 Å². The molecule has 7 nitrogen and oxygen atoms in total. The zero-order valence-electron chi connectivity index (χ0n) is 12.3. The van der Waals surface area contributed by atoms with Crippen LogP contribution in [0, 0.1) is 10.1 Å². The number of benzene rings is 2. The molecule has 2 aromatic carbocycles. The minimum Gasteiger partial charge on any atom is -0.484 e. The Bertz CT molecular complexity index is 740. The lowest BCUT2D eigenvalue weighted by atomic mass is 10.1. The molecule has 2 rings (SSSR count). The molecule has 23 heavy (non-hydrogen) atoms. The lowest BCUT2D eigenvalue weighted by Crippen LogP contribution is -2.20. The van der Waals surface area contributed by atoms with Gasteiger partial charge in [0.05, 0.1) is 4.92 Å². The summed E-state index contributed by atoms with van der Waals surface area (Å²) < 4.78 is 5.25. The Morgan fingerprint density at radius 2 is 1.87 bits per heavy atom. The van der Waals surface area contributed by atoms with Crippen LogP contribution in [-0.2, 0) is 4.79 Å². The summed E-state index contributed by atoms with van der Waals surface area (Å²) in [5.41, 5.74) is 0.942. The summed E-state index contributed by atoms with van der Waals surface area (Å²) in [5, 5.41) is 13.1. The fourth-order valence-corrected chi connectivity index (χ4v) is 1.83. The number of ether oxygens (including phenoxy) is 1. The van der Waals surface area contributed by atoms with Crippen LogP contribution in [0.25, 0.3) is 0 Å². The van der Waals surface area contributed by atoms with Crippen molar-refractivity contribution >= 4 is 23.1 Å². The van der Waals surface area contributed by atoms with E-state index in [-0.39, 0.29) is 18.1 Å². The number of nitro benzene ring substituents is 1. The summed E-state index contributed by atoms with van der Waals surface area (Å²) in [6.07, 6.45) is 0. The van der Waals surface area contributed by atoms with Gasteiger partial charge in [-0.25, -0.2) is 0 Å². The van der Waals surface area contributed by atoms with Gasteiger partial charge >= 0.3 is 0 Å². The topological polar surface area (TPSA) is 98.5 Å². The number of ketones is 1. The van der Waals surface area contributed by atoms with E-state index in [0.717, 1.165) is 0 Å². The van der Waals surface area contributed by atoms with Gasteiger partial charge in [0.1, 0.15) is 5.75 Å². The maximum absolute atomic E-state index is 11.8. The number of nitro groups is 1. The summed E-state index contributed by atoms with van der Waals surface area (Å²) in [6, 6.07) is 12.0. The van der Waals surface area contributed by atoms with Crippen LogP contribution < -0.4 is 10.1 Å². The van der Waals surface area contributed by atoms with E-state index in [0.29, 0.717) is 17.0 Å². The van der Waals surface area contributed by atoms with E-state index < -0.39 is 10.8 Å². The molecule has 0 aliphatic carbocycles. The van der Waals surface area contributed by atoms with Crippen molar-refractivity contribution in [2.75, 3.05) is 11.9 Å². The van der Waals surface area contributed by atoms with Gasteiger partial charge in [-0.1, -0.05) is 12.1 Å². The zero-order chi connectivity index (χ0) is 16.8. The predicted molar refractivity (Wildman–Crippen MR) is 83.7 cm³/mol. The molecule has 0 aliphatic heterocycles. The second-order valence-electron chi connectivity index (χ2n) is 4.72. The Morgan fingerprint density at radius 1 is 1.17 bits per heavy atom. The first-order valence-corrected chi connectivity index (χ1v) is 6.74. The first-order valence-electron chi connectivity index (χ1n) is 6.74. The second kappa shape index (κ2) is 7.17. The fourth-order valence-electron chi connectivity index (χ4n) is 1.83. The van der Waals surface area contributed by atoms with E-state index in [9.17, 15) is 19.7 Å². The van der Waals surface area contributed by atoms with Crippen LogP contribution in [0.5, 0.6) is 5.75 Å². The molecule has 0 atom stereocenters. The second-order valence-corrected chi connectivity index (χ2v) is 4.72. The lowest BCUT2D eigenvalue weighted by Gasteiger charge is -2.08. The molecule has 0 fully saturated rings. The van der Waals surface area contributed by atoms with Crippen LogP contribution in [0.2, 0.25) is 0 Å². The highest BCUT2D eigenvalue weighted by Crippen LogP contribution is 2.17. The molecule has 0 heterocycles. The minimum atomic E-state index is -0.515. The smallest absolute Gasteiger partial charge is 0.269 e. The number of hydrogen-bond donors (Lipinski definition) is 1. The molecule has 0 saturated carbocycles. The zero-order valence-corrected chi connectivity index (χ0v) is 12.3. The van der Waals surface area contributed by atoms with Crippen LogP contribution >= 0.6 is 0 Å². The van der Waals surface area contributed by atoms with Crippen LogP contribution in [0.15, 0.2) is 48.5 Å². The molecule has 0 radical (unpaired) electrons. The summed E-state index contributed by atoms with van der Waals surface area (Å²) in [4.78, 5) is 33.1. The average Bonchev–Trinajstić information content (AvgIpc) is 2.53. The van der Waals surface area contributed by atoms with Crippen LogP contribution in [0.3, 0.4) is 0 Å². The number of carbonyl (C=O) groups is 2. The van der Waals surface area contributed by atoms with E-state index in [1.165, 1.54) is 31.2 Å². The molecule has 1 N–H and O–H groups in total. The highest BCUT2D eigenvalue weighted by molar-refractivity contribution is 5.97. The summed E-state index contributed by atoms with van der Waals surface area (Å²) >= 11 is 0. The van der Waals surface area contributed by atoms with Gasteiger partial charge in [-0.2, -0.15) is 0 Å². The Kier molecular flexibility index (Phi) is 5.03. The van der Waals surface area contributed by atoms with E-state index in [4.69, 9.17) is 4.74 Å². The third-order valence-corrected chi connectivity index (χ3v) is 2.97. The average molecular weight is 314 g/mol. The number of rotatable bonds is 6. The van der Waals surface area contributed by atoms with Crippen molar-refractivity contribution in [3.8, 4) is 5.75 Å². The molecular formula is C16H14N2O5. The van der Waals surface area contributed by atoms with Crippen molar-refractivity contribution in [2.45, 2.75) is 6.92 Å². The molecule has 0 unspecified atom stereocenters. The quantitative estimate of drug-likeness (QED) is 0.502. The van der Waals surface area contributed by atoms with Gasteiger partial charge < -0.3 is 10.1 Å². The summed E-state index contributed by atoms with van der Waals surface area (Å²) in [7, 11) is 0. The highest BCUT2D eigenvalue weighted by atomic mass is 16.6. The Balaban J connectivity index is 1.91. The number of nitrogens with one attached hydrogen (secondary N) is 1. The fraction of sp³-hybridized carbons (Fsp3) is 0.125. The number of nitrogens with zero attached hydrogens (tertiary/aromatic N) is 1. The lowest BCUT2D eigenvalue weighted by molar-refractivity contribution is -0.384. The van der Waals surface area contributed by atoms with Crippen LogP contribution in [-0.4, -0.2) is 23.2 Å². The van der Waals surface area contributed by atoms with Crippen molar-refractivity contribution in [3.63, 3.8) is 0 Å². The van der Waals surface area contributed by atoms with E-state index >= 15 is 0 Å². The maximum Gasteiger partial charge on any atom is 0.269 e. The van der Waals surface area contributed by atoms with Gasteiger partial charge in [-0.05, 0) is 31.2 Å². The Morgan fingerprint density at radius 3 is 2.48 bits per heavy atom. The molecule has 1 amide bonds. The first-order chi connectivity index (χ1) is 11.0. The first kappa shape index (κ1) is 16.2. The molecule has 2 aromatic rings. The third-order valence-electron chi connectivity index (χ3n) is 2.97. The molecule has 0 aliphatic rings. The monoisotopic (exact) mass is 314 g/mol. The maximum atomic E-state index is 11.8. The number of non-ortho nitro benzene ring substituents is 1. The normalized spacial score (nSPS) is 9.96. The number of anilines is 1. The molecule has 0 bridgehead atoms. The van der Waals surface area contributed by atoms with Gasteiger partial charge in [0.2, 0.25) is 0 Å². The molecule has 118 valence electrons. The SMILES string of the molecule is CC(=O)c1cccc(NC(=O)COc2ccc([N+](=O)[O-])cc2)c1. The summed E-state index contributed by atoms with van der Waals surface area (Å²) in [5.74, 6) is -0.143. The Labute approximate surface area is 132 Å². The van der Waals surface area contributed by atoms with E-state index in [2.05, 4.69) is 5.32 Å². The van der Waals surface area contributed by atoms with Crippen molar-refractivity contribution in [1.82, 2.24) is 0 Å². The van der Waals surface area contributed by atoms with E-state index in [1.807, 2.05) is 0 Å². The molecule has 0 aromatic heterocycles. The number of hydrogen-bond acceptors (Lipinski definition) is 5. The molecule has 0 spiro atoms. The molecule has 7 heteroatoms. The van der Waals surface area contributed by atoms with Gasteiger partial charge in [0, 0.05) is 23.4 Å². The predicted octanol–water partition coefficient (Wildman–Crippen LogP) is 2.81. The highest BCUT2D eigenvalue weighted by Gasteiger charge is 2.08. The number of amides is 1. The van der Waals surface area contributed by atoms with Gasteiger partial charge in [0.15, 0.2) is 12.4 Å². The van der Waals surface area contributed by atoms with Crippen molar-refractivity contribution < 1.29 is 19.2 Å². The van der Waals surface area contributed by atoms with E-state index in [1.54, 1.807) is 24.3 Å². The van der Waals surface area contributed by atoms with Crippen LogP contribution in [0.1, 0.15) is 17.3 Å². The number of carbonyl (C=O) groups excluding carboxylic acids is 2. The largest absolute Gasteiger partial charge is 0.484 e. The standard InChI is InChI=1S/C16H14N2O5/c1-11(19)12-3-2-4-13(9-12)17-16(20)10-23-15-7-5-14(6-8-15)18(21)22/h2-9H,10H2,1H3,(H,17,20). The van der Waals surface area contributed by atoms with Crippen molar-refractivity contribution in [2.24, 2.45) is 0 Å². The molecular weight excluding hydrogens is 300 g/mol. The minimum absolute atomic E-state index is 0.0529. The van der Waals surface area contributed by atoms with Crippen molar-refractivity contribution in [3.05, 3.63) is 64.2 Å². The van der Waals surface area contributed by atoms with Gasteiger partial charge in [0.25, 0.3) is 11.6 Å². The number of Topliss-reactive ketones (excluding diaryl/α,β-unsaturated/α-hetero) is 1. The summed E-state index contributed by atoms with van der Waals surface area (Å²) in [6.45, 7) is 1.20. The van der Waals surface area contributed by atoms with Gasteiger partial charge in [-0.15, -0.1) is 0 Å². The van der Waals surface area contributed by atoms with Crippen molar-refractivity contribution in [1.29, 1.82) is 0 Å². The molecule has 0 saturated heterocycles.